The van der Waals surface area contributed by atoms with Crippen molar-refractivity contribution in [2.45, 2.75) is 31.3 Å². The Morgan fingerprint density at radius 3 is 2.48 bits per heavy atom. The van der Waals surface area contributed by atoms with E-state index in [-0.39, 0.29) is 17.8 Å². The smallest absolute Gasteiger partial charge is 0.131 e. The molecule has 1 heterocycles. The molecule has 3 atom stereocenters. The highest BCUT2D eigenvalue weighted by molar-refractivity contribution is 5.64. The Hall–Kier alpha value is -2.18. The van der Waals surface area contributed by atoms with E-state index in [9.17, 15) is 4.39 Å². The molecule has 2 aromatic carbocycles. The molecule has 3 rings (SSSR count). The standard InChI is InChI=1S/C18H17FN2/c1-2-16-18(17(11-20)21-16)13-9-7-12(8-10-13)14-5-3-4-6-15(14)19/h3-10,16-18,21H,2H2,1H3/t16?,17?,18-/m0/s1. The third-order valence-electron chi connectivity index (χ3n) is 4.25. The lowest BCUT2D eigenvalue weighted by molar-refractivity contribution is 0.250. The van der Waals surface area contributed by atoms with E-state index in [4.69, 9.17) is 5.26 Å². The van der Waals surface area contributed by atoms with Crippen LogP contribution in [0.1, 0.15) is 24.8 Å². The zero-order valence-corrected chi connectivity index (χ0v) is 11.9. The van der Waals surface area contributed by atoms with E-state index in [0.29, 0.717) is 11.6 Å². The van der Waals surface area contributed by atoms with Crippen LogP contribution in [0.3, 0.4) is 0 Å². The monoisotopic (exact) mass is 280 g/mol. The fourth-order valence-corrected chi connectivity index (χ4v) is 3.05. The summed E-state index contributed by atoms with van der Waals surface area (Å²) in [5, 5.41) is 12.4. The molecule has 0 amide bonds. The maximum Gasteiger partial charge on any atom is 0.131 e. The van der Waals surface area contributed by atoms with Crippen LogP contribution in [0.4, 0.5) is 4.39 Å². The molecule has 0 radical (unpaired) electrons. The summed E-state index contributed by atoms with van der Waals surface area (Å²) in [6, 6.07) is 17.2. The summed E-state index contributed by atoms with van der Waals surface area (Å²) < 4.78 is 13.8. The average molecular weight is 280 g/mol. The summed E-state index contributed by atoms with van der Waals surface area (Å²) in [6.07, 6.45) is 0.998. The highest BCUT2D eigenvalue weighted by atomic mass is 19.1. The second kappa shape index (κ2) is 5.67. The Balaban J connectivity index is 1.88. The van der Waals surface area contributed by atoms with Crippen LogP contribution >= 0.6 is 0 Å². The van der Waals surface area contributed by atoms with Gasteiger partial charge in [-0.3, -0.25) is 5.32 Å². The first-order chi connectivity index (χ1) is 10.2. The summed E-state index contributed by atoms with van der Waals surface area (Å²) in [7, 11) is 0. The minimum atomic E-state index is -0.211. The Morgan fingerprint density at radius 1 is 1.14 bits per heavy atom. The van der Waals surface area contributed by atoms with Crippen LogP contribution in [-0.2, 0) is 0 Å². The van der Waals surface area contributed by atoms with E-state index in [1.54, 1.807) is 12.1 Å². The van der Waals surface area contributed by atoms with E-state index in [0.717, 1.165) is 17.5 Å². The molecule has 1 saturated heterocycles. The minimum absolute atomic E-state index is 0.116. The van der Waals surface area contributed by atoms with Crippen molar-refractivity contribution in [3.05, 3.63) is 59.9 Å². The molecule has 1 fully saturated rings. The largest absolute Gasteiger partial charge is 0.298 e. The molecule has 2 aromatic rings. The van der Waals surface area contributed by atoms with Crippen LogP contribution < -0.4 is 5.32 Å². The van der Waals surface area contributed by atoms with Crippen molar-refractivity contribution >= 4 is 0 Å². The van der Waals surface area contributed by atoms with Gasteiger partial charge in [-0.15, -0.1) is 0 Å². The molecule has 3 heteroatoms. The maximum atomic E-state index is 13.8. The number of hydrogen-bond acceptors (Lipinski definition) is 2. The Kier molecular flexibility index (Phi) is 3.72. The third-order valence-corrected chi connectivity index (χ3v) is 4.25. The van der Waals surface area contributed by atoms with E-state index < -0.39 is 0 Å². The van der Waals surface area contributed by atoms with Gasteiger partial charge < -0.3 is 0 Å². The molecule has 0 bridgehead atoms. The van der Waals surface area contributed by atoms with E-state index in [1.807, 2.05) is 30.3 Å². The summed E-state index contributed by atoms with van der Waals surface area (Å²) in [4.78, 5) is 0. The molecule has 21 heavy (non-hydrogen) atoms. The first kappa shape index (κ1) is 13.8. The molecular formula is C18H17FN2. The predicted molar refractivity (Wildman–Crippen MR) is 81.2 cm³/mol. The lowest BCUT2D eigenvalue weighted by Gasteiger charge is -2.42. The highest BCUT2D eigenvalue weighted by Crippen LogP contribution is 2.34. The highest BCUT2D eigenvalue weighted by Gasteiger charge is 2.40. The van der Waals surface area contributed by atoms with Crippen LogP contribution in [0.15, 0.2) is 48.5 Å². The van der Waals surface area contributed by atoms with E-state index in [2.05, 4.69) is 18.3 Å². The van der Waals surface area contributed by atoms with Gasteiger partial charge in [0.1, 0.15) is 11.9 Å². The molecule has 0 aliphatic carbocycles. The summed E-state index contributed by atoms with van der Waals surface area (Å²) in [5.74, 6) is 0.0200. The van der Waals surface area contributed by atoms with Gasteiger partial charge >= 0.3 is 0 Å². The number of benzene rings is 2. The fourth-order valence-electron chi connectivity index (χ4n) is 3.05. The summed E-state index contributed by atoms with van der Waals surface area (Å²) in [5.41, 5.74) is 2.62. The summed E-state index contributed by atoms with van der Waals surface area (Å²) in [6.45, 7) is 2.12. The second-order valence-electron chi connectivity index (χ2n) is 5.42. The van der Waals surface area contributed by atoms with E-state index in [1.165, 1.54) is 6.07 Å². The molecule has 0 aromatic heterocycles. The van der Waals surface area contributed by atoms with Crippen LogP contribution in [-0.4, -0.2) is 12.1 Å². The first-order valence-corrected chi connectivity index (χ1v) is 7.25. The Labute approximate surface area is 124 Å². The lowest BCUT2D eigenvalue weighted by Crippen LogP contribution is -2.58. The molecule has 1 N–H and O–H groups in total. The summed E-state index contributed by atoms with van der Waals surface area (Å²) >= 11 is 0. The van der Waals surface area contributed by atoms with Gasteiger partial charge in [0.2, 0.25) is 0 Å². The molecule has 1 aliphatic rings. The molecule has 106 valence electrons. The van der Waals surface area contributed by atoms with Crippen LogP contribution in [0.2, 0.25) is 0 Å². The quantitative estimate of drug-likeness (QED) is 0.927. The number of nitriles is 1. The van der Waals surface area contributed by atoms with Gasteiger partial charge in [0.05, 0.1) is 6.07 Å². The van der Waals surface area contributed by atoms with Crippen molar-refractivity contribution < 1.29 is 4.39 Å². The Morgan fingerprint density at radius 2 is 1.86 bits per heavy atom. The van der Waals surface area contributed by atoms with Crippen molar-refractivity contribution in [2.75, 3.05) is 0 Å². The number of rotatable bonds is 3. The van der Waals surface area contributed by atoms with Crippen molar-refractivity contribution in [3.8, 4) is 17.2 Å². The van der Waals surface area contributed by atoms with Gasteiger partial charge in [0.15, 0.2) is 0 Å². The zero-order chi connectivity index (χ0) is 14.8. The maximum absolute atomic E-state index is 13.8. The van der Waals surface area contributed by atoms with Gasteiger partial charge in [0.25, 0.3) is 0 Å². The fraction of sp³-hybridized carbons (Fsp3) is 0.278. The predicted octanol–water partition coefficient (Wildman–Crippen LogP) is 3.85. The van der Waals surface area contributed by atoms with E-state index >= 15 is 0 Å². The zero-order valence-electron chi connectivity index (χ0n) is 11.9. The topological polar surface area (TPSA) is 35.8 Å². The molecular weight excluding hydrogens is 263 g/mol. The number of nitrogens with zero attached hydrogens (tertiary/aromatic N) is 1. The van der Waals surface area contributed by atoms with Gasteiger partial charge in [-0.05, 0) is 23.6 Å². The average Bonchev–Trinajstić information content (AvgIpc) is 2.49. The first-order valence-electron chi connectivity index (χ1n) is 7.25. The van der Waals surface area contributed by atoms with Crippen molar-refractivity contribution in [1.82, 2.24) is 5.32 Å². The van der Waals surface area contributed by atoms with Crippen molar-refractivity contribution in [1.29, 1.82) is 5.26 Å². The molecule has 2 unspecified atom stereocenters. The normalized spacial score (nSPS) is 24.1. The SMILES string of the molecule is CCC1NC(C#N)[C@H]1c1ccc(-c2ccccc2F)cc1. The molecule has 2 nitrogen and oxygen atoms in total. The molecule has 0 spiro atoms. The van der Waals surface area contributed by atoms with Gasteiger partial charge in [0, 0.05) is 17.5 Å². The number of halogens is 1. The second-order valence-corrected chi connectivity index (χ2v) is 5.42. The number of nitrogens with one attached hydrogen (secondary N) is 1. The van der Waals surface area contributed by atoms with Gasteiger partial charge in [-0.2, -0.15) is 5.26 Å². The Bertz CT molecular complexity index is 672. The van der Waals surface area contributed by atoms with Crippen molar-refractivity contribution in [2.24, 2.45) is 0 Å². The van der Waals surface area contributed by atoms with Crippen LogP contribution in [0.25, 0.3) is 11.1 Å². The number of hydrogen-bond donors (Lipinski definition) is 1. The van der Waals surface area contributed by atoms with Crippen LogP contribution in [0.5, 0.6) is 0 Å². The third kappa shape index (κ3) is 2.43. The lowest BCUT2D eigenvalue weighted by atomic mass is 9.76. The minimum Gasteiger partial charge on any atom is -0.298 e. The van der Waals surface area contributed by atoms with Crippen molar-refractivity contribution in [3.63, 3.8) is 0 Å². The van der Waals surface area contributed by atoms with Gasteiger partial charge in [-0.25, -0.2) is 4.39 Å². The molecule has 1 aliphatic heterocycles. The van der Waals surface area contributed by atoms with Gasteiger partial charge in [-0.1, -0.05) is 49.4 Å². The van der Waals surface area contributed by atoms with Crippen LogP contribution in [0, 0.1) is 17.1 Å². The molecule has 0 saturated carbocycles.